The summed E-state index contributed by atoms with van der Waals surface area (Å²) >= 11 is 0. The molecule has 0 fully saturated rings. The van der Waals surface area contributed by atoms with Crippen LogP contribution in [0.15, 0.2) is 85.0 Å². The Morgan fingerprint density at radius 3 is 1.25 bits per heavy atom. The molecule has 0 bridgehead atoms. The van der Waals surface area contributed by atoms with Gasteiger partial charge in [-0.05, 0) is 49.7 Å². The van der Waals surface area contributed by atoms with E-state index in [-0.39, 0.29) is 0 Å². The van der Waals surface area contributed by atoms with E-state index in [9.17, 15) is 9.59 Å². The van der Waals surface area contributed by atoms with Gasteiger partial charge in [-0.3, -0.25) is 0 Å². The van der Waals surface area contributed by atoms with E-state index >= 15 is 0 Å². The molecule has 0 aliphatic carbocycles. The quantitative estimate of drug-likeness (QED) is 0.549. The van der Waals surface area contributed by atoms with Crippen molar-refractivity contribution < 1.29 is 19.8 Å². The minimum Gasteiger partial charge on any atom is -0.478 e. The number of aliphatic carboxylic acids is 2. The van der Waals surface area contributed by atoms with Crippen LogP contribution in [0.1, 0.15) is 36.8 Å². The third-order valence-electron chi connectivity index (χ3n) is 4.18. The molecule has 0 amide bonds. The Kier molecular flexibility index (Phi) is 10.7. The molecule has 28 heavy (non-hydrogen) atoms. The molecule has 0 atom stereocenters. The Bertz CT molecular complexity index is 696. The van der Waals surface area contributed by atoms with Crippen LogP contribution in [0.25, 0.3) is 0 Å². The molecular formula is C24H28O4. The van der Waals surface area contributed by atoms with Crippen molar-refractivity contribution in [3.05, 3.63) is 96.1 Å². The number of aryl methyl sites for hydroxylation is 2. The van der Waals surface area contributed by atoms with Gasteiger partial charge in [0, 0.05) is 11.1 Å². The zero-order chi connectivity index (χ0) is 20.8. The summed E-state index contributed by atoms with van der Waals surface area (Å²) in [5.74, 6) is -1.78. The van der Waals surface area contributed by atoms with E-state index in [4.69, 9.17) is 10.2 Å². The lowest BCUT2D eigenvalue weighted by Gasteiger charge is -2.01. The van der Waals surface area contributed by atoms with Gasteiger partial charge in [-0.1, -0.05) is 73.8 Å². The molecule has 0 aliphatic heterocycles. The van der Waals surface area contributed by atoms with Gasteiger partial charge in [0.1, 0.15) is 0 Å². The average molecular weight is 380 g/mol. The molecule has 0 saturated carbocycles. The Morgan fingerprint density at radius 1 is 0.643 bits per heavy atom. The van der Waals surface area contributed by atoms with Crippen molar-refractivity contribution in [3.63, 3.8) is 0 Å². The molecule has 2 aromatic rings. The van der Waals surface area contributed by atoms with E-state index in [0.717, 1.165) is 25.7 Å². The van der Waals surface area contributed by atoms with E-state index in [2.05, 4.69) is 13.2 Å². The number of hydrogen-bond acceptors (Lipinski definition) is 2. The standard InChI is InChI=1S/2C12H14O2/c2*1-10(12(13)14)6-5-9-11-7-3-2-4-8-11/h2*2-4,7-8H,1,5-6,9H2,(H,13,14). The Morgan fingerprint density at radius 2 is 0.964 bits per heavy atom. The van der Waals surface area contributed by atoms with E-state index in [0.29, 0.717) is 24.0 Å². The number of carbonyl (C=O) groups is 2. The number of benzene rings is 2. The molecule has 2 N–H and O–H groups in total. The molecular weight excluding hydrogens is 352 g/mol. The lowest BCUT2D eigenvalue weighted by Crippen LogP contribution is -1.99. The van der Waals surface area contributed by atoms with Gasteiger partial charge in [-0.15, -0.1) is 0 Å². The molecule has 0 spiro atoms. The van der Waals surface area contributed by atoms with Crippen LogP contribution in [0.3, 0.4) is 0 Å². The molecule has 0 aliphatic rings. The molecule has 4 heteroatoms. The molecule has 0 aromatic heterocycles. The van der Waals surface area contributed by atoms with Crippen LogP contribution in [0.4, 0.5) is 0 Å². The summed E-state index contributed by atoms with van der Waals surface area (Å²) in [7, 11) is 0. The van der Waals surface area contributed by atoms with E-state index in [1.54, 1.807) is 0 Å². The first-order valence-corrected chi connectivity index (χ1v) is 9.30. The fourth-order valence-corrected chi connectivity index (χ4v) is 2.52. The Labute approximate surface area is 166 Å². The second-order valence-electron chi connectivity index (χ2n) is 6.50. The summed E-state index contributed by atoms with van der Waals surface area (Å²) in [4.78, 5) is 20.9. The van der Waals surface area contributed by atoms with Crippen molar-refractivity contribution in [2.75, 3.05) is 0 Å². The zero-order valence-corrected chi connectivity index (χ0v) is 16.1. The second kappa shape index (κ2) is 13.1. The van der Waals surface area contributed by atoms with Crippen LogP contribution < -0.4 is 0 Å². The summed E-state index contributed by atoms with van der Waals surface area (Å²) in [6.07, 6.45) is 4.62. The Hall–Kier alpha value is -3.14. The maximum Gasteiger partial charge on any atom is 0.330 e. The maximum atomic E-state index is 10.4. The van der Waals surface area contributed by atoms with Crippen molar-refractivity contribution in [1.29, 1.82) is 0 Å². The number of hydrogen-bond donors (Lipinski definition) is 2. The number of rotatable bonds is 10. The predicted molar refractivity (Wildman–Crippen MR) is 112 cm³/mol. The monoisotopic (exact) mass is 380 g/mol. The first-order valence-electron chi connectivity index (χ1n) is 9.30. The molecule has 2 aromatic carbocycles. The topological polar surface area (TPSA) is 74.6 Å². The van der Waals surface area contributed by atoms with Gasteiger partial charge in [0.15, 0.2) is 0 Å². The predicted octanol–water partition coefficient (Wildman–Crippen LogP) is 5.30. The summed E-state index contributed by atoms with van der Waals surface area (Å²) < 4.78 is 0. The first-order chi connectivity index (χ1) is 13.4. The molecule has 0 radical (unpaired) electrons. The molecule has 148 valence electrons. The van der Waals surface area contributed by atoms with Crippen molar-refractivity contribution in [2.24, 2.45) is 0 Å². The fourth-order valence-electron chi connectivity index (χ4n) is 2.52. The molecule has 2 rings (SSSR count). The van der Waals surface area contributed by atoms with Crippen LogP contribution in [0.2, 0.25) is 0 Å². The molecule has 0 saturated heterocycles. The van der Waals surface area contributed by atoms with Crippen molar-refractivity contribution in [3.8, 4) is 0 Å². The SMILES string of the molecule is C=C(CCCc1ccccc1)C(=O)O.C=C(CCCc1ccccc1)C(=O)O. The smallest absolute Gasteiger partial charge is 0.330 e. The largest absolute Gasteiger partial charge is 0.478 e. The molecule has 4 nitrogen and oxygen atoms in total. The molecule has 0 heterocycles. The van der Waals surface area contributed by atoms with Crippen molar-refractivity contribution >= 4 is 11.9 Å². The van der Waals surface area contributed by atoms with Crippen LogP contribution in [-0.2, 0) is 22.4 Å². The highest BCUT2D eigenvalue weighted by Crippen LogP contribution is 2.09. The fraction of sp³-hybridized carbons (Fsp3) is 0.250. The van der Waals surface area contributed by atoms with Gasteiger partial charge in [0.25, 0.3) is 0 Å². The van der Waals surface area contributed by atoms with Crippen LogP contribution >= 0.6 is 0 Å². The summed E-state index contributed by atoms with van der Waals surface area (Å²) in [6, 6.07) is 20.1. The number of carboxylic acid groups (broad SMARTS) is 2. The highest BCUT2D eigenvalue weighted by Gasteiger charge is 2.03. The van der Waals surface area contributed by atoms with Crippen LogP contribution in [-0.4, -0.2) is 22.2 Å². The Balaban J connectivity index is 0.000000280. The molecule has 0 unspecified atom stereocenters. The third-order valence-corrected chi connectivity index (χ3v) is 4.18. The lowest BCUT2D eigenvalue weighted by atomic mass is 10.1. The average Bonchev–Trinajstić information content (AvgIpc) is 2.70. The summed E-state index contributed by atoms with van der Waals surface area (Å²) in [5.41, 5.74) is 3.07. The van der Waals surface area contributed by atoms with E-state index < -0.39 is 11.9 Å². The summed E-state index contributed by atoms with van der Waals surface area (Å²) in [6.45, 7) is 6.97. The van der Waals surface area contributed by atoms with Gasteiger partial charge in [0.2, 0.25) is 0 Å². The second-order valence-corrected chi connectivity index (χ2v) is 6.50. The maximum absolute atomic E-state index is 10.4. The van der Waals surface area contributed by atoms with Crippen LogP contribution in [0.5, 0.6) is 0 Å². The first kappa shape index (κ1) is 22.9. The van der Waals surface area contributed by atoms with Crippen molar-refractivity contribution in [1.82, 2.24) is 0 Å². The number of carboxylic acids is 2. The van der Waals surface area contributed by atoms with E-state index in [1.807, 2.05) is 60.7 Å². The summed E-state index contributed by atoms with van der Waals surface area (Å²) in [5, 5.41) is 17.2. The van der Waals surface area contributed by atoms with Gasteiger partial charge in [-0.25, -0.2) is 9.59 Å². The zero-order valence-electron chi connectivity index (χ0n) is 16.1. The van der Waals surface area contributed by atoms with Gasteiger partial charge in [-0.2, -0.15) is 0 Å². The van der Waals surface area contributed by atoms with Gasteiger partial charge in [0.05, 0.1) is 0 Å². The van der Waals surface area contributed by atoms with Crippen LogP contribution in [0, 0.1) is 0 Å². The minimum atomic E-state index is -0.891. The lowest BCUT2D eigenvalue weighted by molar-refractivity contribution is -0.133. The highest BCUT2D eigenvalue weighted by atomic mass is 16.4. The van der Waals surface area contributed by atoms with Gasteiger partial charge < -0.3 is 10.2 Å². The van der Waals surface area contributed by atoms with Crippen molar-refractivity contribution in [2.45, 2.75) is 38.5 Å². The third kappa shape index (κ3) is 10.1. The highest BCUT2D eigenvalue weighted by molar-refractivity contribution is 5.86. The minimum absolute atomic E-state index is 0.293. The van der Waals surface area contributed by atoms with E-state index in [1.165, 1.54) is 11.1 Å². The normalized spacial score (nSPS) is 9.71. The van der Waals surface area contributed by atoms with Gasteiger partial charge >= 0.3 is 11.9 Å².